The molecular weight excluding hydrogens is 194 g/mol. The zero-order valence-corrected chi connectivity index (χ0v) is 8.23. The Morgan fingerprint density at radius 3 is 2.67 bits per heavy atom. The summed E-state index contributed by atoms with van der Waals surface area (Å²) in [6, 6.07) is 4.59. The van der Waals surface area contributed by atoms with Gasteiger partial charge in [-0.25, -0.2) is 0 Å². The van der Waals surface area contributed by atoms with Gasteiger partial charge in [-0.1, -0.05) is 0 Å². The monoisotopic (exact) mass is 207 g/mol. The van der Waals surface area contributed by atoms with E-state index < -0.39 is 0 Å². The Morgan fingerprint density at radius 2 is 2.07 bits per heavy atom. The van der Waals surface area contributed by atoms with E-state index >= 15 is 0 Å². The molecule has 0 saturated heterocycles. The number of hydrogen-bond donors (Lipinski definition) is 3. The maximum absolute atomic E-state index is 11.6. The molecule has 0 bridgehead atoms. The summed E-state index contributed by atoms with van der Waals surface area (Å²) >= 11 is 0. The van der Waals surface area contributed by atoms with E-state index in [0.29, 0.717) is 11.6 Å². The number of nitrogens with one attached hydrogen (secondary N) is 1. The van der Waals surface area contributed by atoms with Crippen LogP contribution in [0.2, 0.25) is 0 Å². The minimum absolute atomic E-state index is 0.0720. The number of aromatic hydroxyl groups is 2. The first-order chi connectivity index (χ1) is 7.16. The van der Waals surface area contributed by atoms with Crippen LogP contribution in [0.1, 0.15) is 23.2 Å². The summed E-state index contributed by atoms with van der Waals surface area (Å²) in [5.41, 5.74) is 0.415. The SMILES string of the molecule is O=C(CNC1CC1)c1ccc(O)c(O)c1. The molecule has 1 saturated carbocycles. The maximum Gasteiger partial charge on any atom is 0.176 e. The second kappa shape index (κ2) is 3.90. The maximum atomic E-state index is 11.6. The van der Waals surface area contributed by atoms with Crippen LogP contribution in [-0.2, 0) is 0 Å². The zero-order chi connectivity index (χ0) is 10.8. The Labute approximate surface area is 87.6 Å². The van der Waals surface area contributed by atoms with Crippen LogP contribution in [0.5, 0.6) is 11.5 Å². The largest absolute Gasteiger partial charge is 0.504 e. The van der Waals surface area contributed by atoms with Crippen LogP contribution in [0, 0.1) is 0 Å². The number of rotatable bonds is 4. The van der Waals surface area contributed by atoms with Crippen molar-refractivity contribution in [2.75, 3.05) is 6.54 Å². The number of carbonyl (C=O) groups is 1. The molecule has 0 heterocycles. The fraction of sp³-hybridized carbons (Fsp3) is 0.364. The summed E-state index contributed by atoms with van der Waals surface area (Å²) in [5.74, 6) is -0.536. The normalized spacial score (nSPS) is 15.2. The summed E-state index contributed by atoms with van der Waals surface area (Å²) in [6.07, 6.45) is 2.27. The fourth-order valence-electron chi connectivity index (χ4n) is 1.32. The minimum Gasteiger partial charge on any atom is -0.504 e. The first-order valence-corrected chi connectivity index (χ1v) is 4.95. The molecule has 0 unspecified atom stereocenters. The fourth-order valence-corrected chi connectivity index (χ4v) is 1.32. The van der Waals surface area contributed by atoms with Gasteiger partial charge < -0.3 is 15.5 Å². The smallest absolute Gasteiger partial charge is 0.176 e. The average Bonchev–Trinajstić information content (AvgIpc) is 3.02. The minimum atomic E-state index is -0.257. The number of hydrogen-bond acceptors (Lipinski definition) is 4. The summed E-state index contributed by atoms with van der Waals surface area (Å²) in [4.78, 5) is 11.6. The molecular formula is C11H13NO3. The van der Waals surface area contributed by atoms with Crippen molar-refractivity contribution in [2.45, 2.75) is 18.9 Å². The molecule has 0 aliphatic heterocycles. The second-order valence-corrected chi connectivity index (χ2v) is 3.78. The molecule has 80 valence electrons. The van der Waals surface area contributed by atoms with Crippen molar-refractivity contribution in [3.63, 3.8) is 0 Å². The first-order valence-electron chi connectivity index (χ1n) is 4.95. The standard InChI is InChI=1S/C11H13NO3/c13-9-4-1-7(5-10(9)14)11(15)6-12-8-2-3-8/h1,4-5,8,12-14H,2-3,6H2. The van der Waals surface area contributed by atoms with Gasteiger partial charge in [0.05, 0.1) is 6.54 Å². The second-order valence-electron chi connectivity index (χ2n) is 3.78. The number of benzene rings is 1. The molecule has 15 heavy (non-hydrogen) atoms. The highest BCUT2D eigenvalue weighted by Gasteiger charge is 2.21. The topological polar surface area (TPSA) is 69.6 Å². The average molecular weight is 207 g/mol. The lowest BCUT2D eigenvalue weighted by atomic mass is 10.1. The number of Topliss-reactive ketones (excluding diaryl/α,β-unsaturated/α-hetero) is 1. The number of phenols is 2. The third-order valence-electron chi connectivity index (χ3n) is 2.43. The van der Waals surface area contributed by atoms with E-state index in [-0.39, 0.29) is 23.8 Å². The molecule has 1 fully saturated rings. The van der Waals surface area contributed by atoms with E-state index in [1.165, 1.54) is 18.2 Å². The molecule has 4 heteroatoms. The molecule has 4 nitrogen and oxygen atoms in total. The summed E-state index contributed by atoms with van der Waals surface area (Å²) in [6.45, 7) is 0.287. The van der Waals surface area contributed by atoms with Gasteiger partial charge in [-0.3, -0.25) is 4.79 Å². The van der Waals surface area contributed by atoms with Crippen molar-refractivity contribution < 1.29 is 15.0 Å². The van der Waals surface area contributed by atoms with Crippen LogP contribution in [0.25, 0.3) is 0 Å². The molecule has 3 N–H and O–H groups in total. The van der Waals surface area contributed by atoms with Crippen LogP contribution in [0.3, 0.4) is 0 Å². The van der Waals surface area contributed by atoms with Crippen LogP contribution in [0.15, 0.2) is 18.2 Å². The van der Waals surface area contributed by atoms with Gasteiger partial charge in [0.2, 0.25) is 0 Å². The summed E-state index contributed by atoms with van der Waals surface area (Å²) in [7, 11) is 0. The van der Waals surface area contributed by atoms with Crippen molar-refractivity contribution in [3.05, 3.63) is 23.8 Å². The lowest BCUT2D eigenvalue weighted by molar-refractivity contribution is 0.0990. The molecule has 1 aliphatic carbocycles. The number of ketones is 1. The quantitative estimate of drug-likeness (QED) is 0.509. The van der Waals surface area contributed by atoms with E-state index in [1.807, 2.05) is 0 Å². The first kappa shape index (κ1) is 9.98. The van der Waals surface area contributed by atoms with Crippen LogP contribution in [-0.4, -0.2) is 28.6 Å². The van der Waals surface area contributed by atoms with Crippen LogP contribution < -0.4 is 5.32 Å². The van der Waals surface area contributed by atoms with Gasteiger partial charge in [-0.2, -0.15) is 0 Å². The summed E-state index contributed by atoms with van der Waals surface area (Å²) in [5, 5.41) is 21.4. The number of phenolic OH excluding ortho intramolecular Hbond substituents is 2. The Morgan fingerprint density at radius 1 is 1.33 bits per heavy atom. The van der Waals surface area contributed by atoms with Gasteiger partial charge >= 0.3 is 0 Å². The molecule has 1 aromatic carbocycles. The van der Waals surface area contributed by atoms with Gasteiger partial charge in [0.15, 0.2) is 17.3 Å². The molecule has 1 aromatic rings. The van der Waals surface area contributed by atoms with Gasteiger partial charge in [-0.05, 0) is 31.0 Å². The third kappa shape index (κ3) is 2.47. The molecule has 0 amide bonds. The number of carbonyl (C=O) groups excluding carboxylic acids is 1. The molecule has 0 spiro atoms. The van der Waals surface area contributed by atoms with E-state index in [1.54, 1.807) is 0 Å². The van der Waals surface area contributed by atoms with Crippen molar-refractivity contribution in [1.82, 2.24) is 5.32 Å². The molecule has 0 radical (unpaired) electrons. The lowest BCUT2D eigenvalue weighted by Crippen LogP contribution is -2.24. The predicted octanol–water partition coefficient (Wildman–Crippen LogP) is 1.03. The Kier molecular flexibility index (Phi) is 2.60. The Hall–Kier alpha value is -1.55. The van der Waals surface area contributed by atoms with Crippen LogP contribution >= 0.6 is 0 Å². The van der Waals surface area contributed by atoms with E-state index in [4.69, 9.17) is 5.11 Å². The van der Waals surface area contributed by atoms with Crippen molar-refractivity contribution in [2.24, 2.45) is 0 Å². The Balaban J connectivity index is 2.00. The van der Waals surface area contributed by atoms with Crippen LogP contribution in [0.4, 0.5) is 0 Å². The van der Waals surface area contributed by atoms with Gasteiger partial charge in [0, 0.05) is 11.6 Å². The van der Waals surface area contributed by atoms with Crippen molar-refractivity contribution in [1.29, 1.82) is 0 Å². The zero-order valence-electron chi connectivity index (χ0n) is 8.23. The molecule has 2 rings (SSSR count). The molecule has 0 atom stereocenters. The van der Waals surface area contributed by atoms with E-state index in [9.17, 15) is 9.90 Å². The van der Waals surface area contributed by atoms with Crippen molar-refractivity contribution in [3.8, 4) is 11.5 Å². The van der Waals surface area contributed by atoms with Crippen molar-refractivity contribution >= 4 is 5.78 Å². The third-order valence-corrected chi connectivity index (χ3v) is 2.43. The van der Waals surface area contributed by atoms with E-state index in [2.05, 4.69) is 5.32 Å². The van der Waals surface area contributed by atoms with E-state index in [0.717, 1.165) is 12.8 Å². The van der Waals surface area contributed by atoms with Gasteiger partial charge in [-0.15, -0.1) is 0 Å². The highest BCUT2D eigenvalue weighted by molar-refractivity contribution is 5.98. The van der Waals surface area contributed by atoms with Gasteiger partial charge in [0.25, 0.3) is 0 Å². The summed E-state index contributed by atoms with van der Waals surface area (Å²) < 4.78 is 0. The highest BCUT2D eigenvalue weighted by Crippen LogP contribution is 2.25. The molecule has 0 aromatic heterocycles. The molecule has 1 aliphatic rings. The Bertz CT molecular complexity index is 385. The van der Waals surface area contributed by atoms with Gasteiger partial charge in [0.1, 0.15) is 0 Å². The predicted molar refractivity (Wildman–Crippen MR) is 55.1 cm³/mol. The highest BCUT2D eigenvalue weighted by atomic mass is 16.3. The lowest BCUT2D eigenvalue weighted by Gasteiger charge is -2.03.